The zero-order chi connectivity index (χ0) is 26.9. The number of aryl methyl sites for hydroxylation is 1. The molecule has 5 rings (SSSR count). The van der Waals surface area contributed by atoms with Crippen LogP contribution in [0.4, 0.5) is 21.5 Å². The largest absolute Gasteiger partial charge is 0.493 e. The Morgan fingerprint density at radius 1 is 0.974 bits per heavy atom. The average Bonchev–Trinajstić information content (AvgIpc) is 3.73. The van der Waals surface area contributed by atoms with Crippen LogP contribution in [0, 0.1) is 18.2 Å². The quantitative estimate of drug-likeness (QED) is 0.369. The van der Waals surface area contributed by atoms with Crippen LogP contribution in [0.5, 0.6) is 17.4 Å². The summed E-state index contributed by atoms with van der Waals surface area (Å²) in [6.45, 7) is 2.31. The van der Waals surface area contributed by atoms with E-state index in [0.29, 0.717) is 59.6 Å². The van der Waals surface area contributed by atoms with Crippen molar-refractivity contribution in [1.82, 2.24) is 4.98 Å². The van der Waals surface area contributed by atoms with Gasteiger partial charge in [-0.1, -0.05) is 0 Å². The van der Waals surface area contributed by atoms with Crippen molar-refractivity contribution in [2.45, 2.75) is 19.8 Å². The van der Waals surface area contributed by atoms with Crippen LogP contribution < -0.4 is 30.2 Å². The molecule has 2 amide bonds. The van der Waals surface area contributed by atoms with Gasteiger partial charge in [0, 0.05) is 35.6 Å². The molecule has 38 heavy (non-hydrogen) atoms. The number of nitrogens with zero attached hydrogens (tertiary/aromatic N) is 1. The third kappa shape index (κ3) is 4.84. The zero-order valence-corrected chi connectivity index (χ0v) is 21.2. The smallest absolute Gasteiger partial charge is 0.240 e. The van der Waals surface area contributed by atoms with Gasteiger partial charge in [-0.15, -0.1) is 0 Å². The molecule has 9 nitrogen and oxygen atoms in total. The number of rotatable bonds is 8. The van der Waals surface area contributed by atoms with E-state index in [2.05, 4.69) is 20.9 Å². The second-order valence-electron chi connectivity index (χ2n) is 9.08. The van der Waals surface area contributed by atoms with Crippen molar-refractivity contribution >= 4 is 34.6 Å². The highest BCUT2D eigenvalue weighted by Crippen LogP contribution is 2.47. The highest BCUT2D eigenvalue weighted by molar-refractivity contribution is 6.17. The summed E-state index contributed by atoms with van der Waals surface area (Å²) in [6.07, 6.45) is 2.75. The van der Waals surface area contributed by atoms with Gasteiger partial charge >= 0.3 is 0 Å². The summed E-state index contributed by atoms with van der Waals surface area (Å²) >= 11 is 0. The van der Waals surface area contributed by atoms with Crippen molar-refractivity contribution in [3.63, 3.8) is 0 Å². The summed E-state index contributed by atoms with van der Waals surface area (Å²) in [5, 5.41) is 8.82. The lowest BCUT2D eigenvalue weighted by molar-refractivity contribution is -0.131. The second-order valence-corrected chi connectivity index (χ2v) is 9.08. The van der Waals surface area contributed by atoms with Crippen molar-refractivity contribution in [3.8, 4) is 17.4 Å². The number of benzene rings is 2. The molecule has 0 spiro atoms. The number of pyridine rings is 1. The van der Waals surface area contributed by atoms with E-state index in [-0.39, 0.29) is 0 Å². The first-order chi connectivity index (χ1) is 18.3. The first-order valence-corrected chi connectivity index (χ1v) is 12.1. The summed E-state index contributed by atoms with van der Waals surface area (Å²) in [5.41, 5.74) is 1.92. The topological polar surface area (TPSA) is 111 Å². The normalized spacial score (nSPS) is 14.8. The number of hydrogen-bond donors (Lipinski definition) is 3. The summed E-state index contributed by atoms with van der Waals surface area (Å²) in [6, 6.07) is 12.4. The van der Waals surface area contributed by atoms with E-state index >= 15 is 0 Å². The fraction of sp³-hybridized carbons (Fsp3) is 0.250. The Balaban J connectivity index is 1.28. The van der Waals surface area contributed by atoms with Gasteiger partial charge in [-0.3, -0.25) is 9.59 Å². The second kappa shape index (κ2) is 10.0. The first kappa shape index (κ1) is 25.1. The van der Waals surface area contributed by atoms with Crippen LogP contribution >= 0.6 is 0 Å². The number of methoxy groups -OCH3 is 2. The summed E-state index contributed by atoms with van der Waals surface area (Å²) in [4.78, 5) is 30.4. The minimum Gasteiger partial charge on any atom is -0.493 e. The van der Waals surface area contributed by atoms with E-state index in [4.69, 9.17) is 14.2 Å². The molecule has 2 aromatic carbocycles. The minimum atomic E-state index is -1.17. The van der Waals surface area contributed by atoms with Crippen LogP contribution in [0.15, 0.2) is 54.6 Å². The molecular weight excluding hydrogens is 491 g/mol. The Hall–Kier alpha value is -4.60. The van der Waals surface area contributed by atoms with Gasteiger partial charge in [-0.2, -0.15) is 0 Å². The lowest BCUT2D eigenvalue weighted by Gasteiger charge is -2.22. The molecule has 1 saturated carbocycles. The van der Waals surface area contributed by atoms with Crippen LogP contribution in [0.1, 0.15) is 24.1 Å². The SMILES string of the molecule is COc1cc2c(cc1OC)C(Oc1ccc(NC(=O)C3(C(=O)Nc4ccc(F)cc4)CC3)c(C)n1)=CCN2. The summed E-state index contributed by atoms with van der Waals surface area (Å²) < 4.78 is 30.1. The Morgan fingerprint density at radius 2 is 1.66 bits per heavy atom. The van der Waals surface area contributed by atoms with Gasteiger partial charge in [0.2, 0.25) is 17.7 Å². The lowest BCUT2D eigenvalue weighted by atomic mass is 10.0. The number of halogens is 1. The molecule has 2 heterocycles. The molecule has 0 bridgehead atoms. The van der Waals surface area contributed by atoms with E-state index in [1.807, 2.05) is 18.2 Å². The number of fused-ring (bicyclic) bond motifs is 1. The maximum atomic E-state index is 13.2. The summed E-state index contributed by atoms with van der Waals surface area (Å²) in [5.74, 6) is 0.903. The van der Waals surface area contributed by atoms with Gasteiger partial charge in [0.15, 0.2) is 11.5 Å². The number of hydrogen-bond acceptors (Lipinski definition) is 7. The predicted molar refractivity (Wildman–Crippen MR) is 141 cm³/mol. The molecule has 1 aliphatic carbocycles. The van der Waals surface area contributed by atoms with E-state index in [9.17, 15) is 14.0 Å². The highest BCUT2D eigenvalue weighted by Gasteiger charge is 2.56. The van der Waals surface area contributed by atoms with Crippen molar-refractivity contribution in [2.24, 2.45) is 5.41 Å². The van der Waals surface area contributed by atoms with Gasteiger partial charge in [-0.25, -0.2) is 9.37 Å². The monoisotopic (exact) mass is 518 g/mol. The number of ether oxygens (including phenoxy) is 3. The van der Waals surface area contributed by atoms with Crippen molar-refractivity contribution in [1.29, 1.82) is 0 Å². The van der Waals surface area contributed by atoms with Crippen molar-refractivity contribution < 1.29 is 28.2 Å². The molecule has 0 saturated heterocycles. The van der Waals surface area contributed by atoms with Crippen LogP contribution in [-0.2, 0) is 9.59 Å². The molecule has 196 valence electrons. The number of carbonyl (C=O) groups excluding carboxylic acids is 2. The van der Waals surface area contributed by atoms with Gasteiger partial charge in [0.05, 0.1) is 25.6 Å². The maximum Gasteiger partial charge on any atom is 0.240 e. The molecule has 2 aliphatic rings. The fourth-order valence-electron chi connectivity index (χ4n) is 4.24. The van der Waals surface area contributed by atoms with Crippen LogP contribution in [0.3, 0.4) is 0 Å². The van der Waals surface area contributed by atoms with Gasteiger partial charge < -0.3 is 30.2 Å². The molecule has 1 aliphatic heterocycles. The predicted octanol–water partition coefficient (Wildman–Crippen LogP) is 4.75. The number of carbonyl (C=O) groups is 2. The molecule has 1 aromatic heterocycles. The third-order valence-corrected chi connectivity index (χ3v) is 6.61. The molecule has 10 heteroatoms. The first-order valence-electron chi connectivity index (χ1n) is 12.1. The Bertz CT molecular complexity index is 1430. The van der Waals surface area contributed by atoms with Gasteiger partial charge in [-0.05, 0) is 62.2 Å². The molecule has 0 radical (unpaired) electrons. The van der Waals surface area contributed by atoms with E-state index in [1.165, 1.54) is 24.3 Å². The lowest BCUT2D eigenvalue weighted by Crippen LogP contribution is -2.35. The summed E-state index contributed by atoms with van der Waals surface area (Å²) in [7, 11) is 3.15. The molecule has 0 unspecified atom stereocenters. The Kier molecular flexibility index (Phi) is 6.62. The van der Waals surface area contributed by atoms with Crippen LogP contribution in [-0.4, -0.2) is 37.6 Å². The highest BCUT2D eigenvalue weighted by atomic mass is 19.1. The van der Waals surface area contributed by atoms with E-state index in [1.54, 1.807) is 33.3 Å². The van der Waals surface area contributed by atoms with E-state index in [0.717, 1.165) is 11.3 Å². The fourth-order valence-corrected chi connectivity index (χ4v) is 4.24. The van der Waals surface area contributed by atoms with Crippen molar-refractivity contribution in [2.75, 3.05) is 36.7 Å². The molecule has 3 aromatic rings. The Labute approximate surface area is 219 Å². The Morgan fingerprint density at radius 3 is 2.32 bits per heavy atom. The van der Waals surface area contributed by atoms with Gasteiger partial charge in [0.1, 0.15) is 17.0 Å². The minimum absolute atomic E-state index is 0.351. The average molecular weight is 519 g/mol. The van der Waals surface area contributed by atoms with Crippen LogP contribution in [0.2, 0.25) is 0 Å². The number of anilines is 3. The number of amides is 2. The maximum absolute atomic E-state index is 13.2. The molecule has 1 fully saturated rings. The van der Waals surface area contributed by atoms with Gasteiger partial charge in [0.25, 0.3) is 0 Å². The molecule has 0 atom stereocenters. The molecular formula is C28H27FN4O5. The van der Waals surface area contributed by atoms with Crippen molar-refractivity contribution in [3.05, 3.63) is 71.7 Å². The number of aromatic nitrogens is 1. The molecule has 3 N–H and O–H groups in total. The van der Waals surface area contributed by atoms with Crippen LogP contribution in [0.25, 0.3) is 5.76 Å². The standard InChI is InChI=1S/C28H27FN4O5/c1-16-20(33-27(35)28(11-12-28)26(34)32-18-6-4-17(29)5-7-18)8-9-25(31-16)38-22-10-13-30-21-15-24(37-3)23(36-2)14-19(21)22/h4-10,14-15,30H,11-13H2,1-3H3,(H,32,34)(H,33,35). The number of nitrogens with one attached hydrogen (secondary N) is 3. The zero-order valence-electron chi connectivity index (χ0n) is 21.2. The van der Waals surface area contributed by atoms with E-state index < -0.39 is 23.0 Å². The third-order valence-electron chi connectivity index (χ3n) is 6.61.